The molecule has 1 unspecified atom stereocenters. The average Bonchev–Trinajstić information content (AvgIpc) is 2.52. The molecule has 0 bridgehead atoms. The fourth-order valence-corrected chi connectivity index (χ4v) is 3.47. The summed E-state index contributed by atoms with van der Waals surface area (Å²) in [6.45, 7) is 2.32. The molecule has 0 radical (unpaired) electrons. The number of nitrogens with zero attached hydrogens (tertiary/aromatic N) is 1. The highest BCUT2D eigenvalue weighted by Crippen LogP contribution is 2.23. The van der Waals surface area contributed by atoms with Crippen LogP contribution in [0.5, 0.6) is 0 Å². The Morgan fingerprint density at radius 3 is 2.43 bits per heavy atom. The minimum atomic E-state index is 0.681. The van der Waals surface area contributed by atoms with E-state index < -0.39 is 0 Å². The van der Waals surface area contributed by atoms with Gasteiger partial charge in [-0.15, -0.1) is 0 Å². The maximum Gasteiger partial charge on any atom is 0.0236 e. The van der Waals surface area contributed by atoms with E-state index in [-0.39, 0.29) is 0 Å². The highest BCUT2D eigenvalue weighted by Gasteiger charge is 2.22. The number of likely N-dealkylation sites (tertiary alicyclic amines) is 1. The number of piperidine rings is 1. The molecule has 0 amide bonds. The van der Waals surface area contributed by atoms with Gasteiger partial charge in [-0.25, -0.2) is 0 Å². The fourth-order valence-electron chi connectivity index (χ4n) is 3.21. The summed E-state index contributed by atoms with van der Waals surface area (Å²) in [5.41, 5.74) is 2.88. The van der Waals surface area contributed by atoms with Crippen LogP contribution in [-0.2, 0) is 13.0 Å². The van der Waals surface area contributed by atoms with E-state index in [1.807, 2.05) is 0 Å². The van der Waals surface area contributed by atoms with Crippen molar-refractivity contribution in [3.63, 3.8) is 0 Å². The van der Waals surface area contributed by atoms with Crippen LogP contribution in [0.15, 0.2) is 59.1 Å². The average molecular weight is 344 g/mol. The maximum absolute atomic E-state index is 3.52. The smallest absolute Gasteiger partial charge is 0.0236 e. The van der Waals surface area contributed by atoms with Crippen LogP contribution in [0, 0.1) is 0 Å². The number of hydrogen-bond donors (Lipinski definition) is 0. The monoisotopic (exact) mass is 343 g/mol. The molecule has 2 heteroatoms. The first-order valence-corrected chi connectivity index (χ1v) is 8.63. The molecule has 110 valence electrons. The summed E-state index contributed by atoms with van der Waals surface area (Å²) in [4.78, 5) is 2.67. The lowest BCUT2D eigenvalue weighted by Gasteiger charge is -2.36. The van der Waals surface area contributed by atoms with Gasteiger partial charge in [0.05, 0.1) is 0 Å². The van der Waals surface area contributed by atoms with E-state index in [1.165, 1.54) is 43.4 Å². The molecule has 1 aliphatic heterocycles. The molecule has 2 aromatic rings. The lowest BCUT2D eigenvalue weighted by molar-refractivity contribution is 0.139. The maximum atomic E-state index is 3.52. The summed E-state index contributed by atoms with van der Waals surface area (Å²) in [6.07, 6.45) is 5.19. The highest BCUT2D eigenvalue weighted by atomic mass is 79.9. The molecule has 0 saturated carbocycles. The van der Waals surface area contributed by atoms with E-state index in [0.29, 0.717) is 6.04 Å². The predicted octanol–water partition coefficient (Wildman–Crippen LogP) is 5.05. The van der Waals surface area contributed by atoms with Crippen molar-refractivity contribution in [2.45, 2.75) is 38.3 Å². The molecular weight excluding hydrogens is 322 g/mol. The van der Waals surface area contributed by atoms with Gasteiger partial charge < -0.3 is 0 Å². The Morgan fingerprint density at radius 2 is 1.67 bits per heavy atom. The van der Waals surface area contributed by atoms with Crippen LogP contribution in [0.3, 0.4) is 0 Å². The first-order valence-electron chi connectivity index (χ1n) is 7.84. The van der Waals surface area contributed by atoms with Gasteiger partial charge in [0.2, 0.25) is 0 Å². The van der Waals surface area contributed by atoms with Crippen molar-refractivity contribution in [1.29, 1.82) is 0 Å². The standard InChI is InChI=1S/C19H22BrN/c20-18-11-9-16(10-12-18)14-19-8-4-5-13-21(19)15-17-6-2-1-3-7-17/h1-3,6-7,9-12,19H,4-5,8,13-15H2. The lowest BCUT2D eigenvalue weighted by Crippen LogP contribution is -2.40. The van der Waals surface area contributed by atoms with Crippen molar-refractivity contribution in [3.05, 3.63) is 70.2 Å². The molecule has 0 aromatic heterocycles. The second-order valence-electron chi connectivity index (χ2n) is 5.94. The third-order valence-electron chi connectivity index (χ3n) is 4.36. The zero-order valence-electron chi connectivity index (χ0n) is 12.3. The number of rotatable bonds is 4. The third-order valence-corrected chi connectivity index (χ3v) is 4.89. The molecule has 3 rings (SSSR count). The van der Waals surface area contributed by atoms with Crippen LogP contribution < -0.4 is 0 Å². The summed E-state index contributed by atoms with van der Waals surface area (Å²) < 4.78 is 1.16. The Balaban J connectivity index is 1.68. The summed E-state index contributed by atoms with van der Waals surface area (Å²) >= 11 is 3.52. The van der Waals surface area contributed by atoms with Gasteiger partial charge in [-0.05, 0) is 49.1 Å². The molecule has 1 nitrogen and oxygen atoms in total. The van der Waals surface area contributed by atoms with Crippen molar-refractivity contribution < 1.29 is 0 Å². The Kier molecular flexibility index (Phi) is 5.10. The van der Waals surface area contributed by atoms with Gasteiger partial charge in [0.15, 0.2) is 0 Å². The normalized spacial score (nSPS) is 19.6. The minimum Gasteiger partial charge on any atom is -0.296 e. The van der Waals surface area contributed by atoms with Gasteiger partial charge in [-0.2, -0.15) is 0 Å². The van der Waals surface area contributed by atoms with Crippen LogP contribution >= 0.6 is 15.9 Å². The summed E-state index contributed by atoms with van der Waals surface area (Å²) in [5.74, 6) is 0. The van der Waals surface area contributed by atoms with Gasteiger partial charge in [0.1, 0.15) is 0 Å². The zero-order valence-corrected chi connectivity index (χ0v) is 13.9. The van der Waals surface area contributed by atoms with E-state index in [1.54, 1.807) is 0 Å². The van der Waals surface area contributed by atoms with E-state index >= 15 is 0 Å². The van der Waals surface area contributed by atoms with Crippen LogP contribution in [0.25, 0.3) is 0 Å². The molecule has 21 heavy (non-hydrogen) atoms. The molecule has 1 saturated heterocycles. The number of hydrogen-bond acceptors (Lipinski definition) is 1. The number of halogens is 1. The van der Waals surface area contributed by atoms with Gasteiger partial charge in [0.25, 0.3) is 0 Å². The molecule has 1 heterocycles. The number of benzene rings is 2. The third kappa shape index (κ3) is 4.18. The zero-order chi connectivity index (χ0) is 14.5. The first kappa shape index (κ1) is 14.8. The molecule has 0 aliphatic carbocycles. The van der Waals surface area contributed by atoms with E-state index in [2.05, 4.69) is 75.4 Å². The van der Waals surface area contributed by atoms with Crippen LogP contribution in [0.1, 0.15) is 30.4 Å². The van der Waals surface area contributed by atoms with Crippen LogP contribution in [-0.4, -0.2) is 17.5 Å². The second kappa shape index (κ2) is 7.24. The van der Waals surface area contributed by atoms with Crippen molar-refractivity contribution in [1.82, 2.24) is 4.90 Å². The van der Waals surface area contributed by atoms with E-state index in [0.717, 1.165) is 11.0 Å². The summed E-state index contributed by atoms with van der Waals surface area (Å²) in [6, 6.07) is 20.3. The topological polar surface area (TPSA) is 3.24 Å². The van der Waals surface area contributed by atoms with E-state index in [9.17, 15) is 0 Å². The molecule has 1 aliphatic rings. The molecular formula is C19H22BrN. The first-order chi connectivity index (χ1) is 10.3. The molecule has 1 fully saturated rings. The Bertz CT molecular complexity index is 550. The van der Waals surface area contributed by atoms with E-state index in [4.69, 9.17) is 0 Å². The largest absolute Gasteiger partial charge is 0.296 e. The van der Waals surface area contributed by atoms with Crippen LogP contribution in [0.4, 0.5) is 0 Å². The second-order valence-corrected chi connectivity index (χ2v) is 6.85. The van der Waals surface area contributed by atoms with Gasteiger partial charge in [-0.1, -0.05) is 64.8 Å². The molecule has 2 aromatic carbocycles. The van der Waals surface area contributed by atoms with Crippen LogP contribution in [0.2, 0.25) is 0 Å². The molecule has 0 spiro atoms. The quantitative estimate of drug-likeness (QED) is 0.751. The van der Waals surface area contributed by atoms with Gasteiger partial charge in [-0.3, -0.25) is 4.90 Å². The van der Waals surface area contributed by atoms with Crippen molar-refractivity contribution in [2.24, 2.45) is 0 Å². The predicted molar refractivity (Wildman–Crippen MR) is 92.3 cm³/mol. The Labute approximate surface area is 136 Å². The highest BCUT2D eigenvalue weighted by molar-refractivity contribution is 9.10. The van der Waals surface area contributed by atoms with Crippen molar-refractivity contribution in [2.75, 3.05) is 6.54 Å². The van der Waals surface area contributed by atoms with Crippen molar-refractivity contribution >= 4 is 15.9 Å². The Morgan fingerprint density at radius 1 is 0.905 bits per heavy atom. The molecule has 1 atom stereocenters. The van der Waals surface area contributed by atoms with Crippen molar-refractivity contribution in [3.8, 4) is 0 Å². The fraction of sp³-hybridized carbons (Fsp3) is 0.368. The summed E-state index contributed by atoms with van der Waals surface area (Å²) in [5, 5.41) is 0. The van der Waals surface area contributed by atoms with Gasteiger partial charge in [0, 0.05) is 17.1 Å². The minimum absolute atomic E-state index is 0.681. The lowest BCUT2D eigenvalue weighted by atomic mass is 9.95. The summed E-state index contributed by atoms with van der Waals surface area (Å²) in [7, 11) is 0. The molecule has 0 N–H and O–H groups in total. The Hall–Kier alpha value is -1.12. The SMILES string of the molecule is Brc1ccc(CC2CCCCN2Cc2ccccc2)cc1. The van der Waals surface area contributed by atoms with Gasteiger partial charge >= 0.3 is 0 Å².